The minimum Gasteiger partial charge on any atom is -0.445 e. The van der Waals surface area contributed by atoms with Gasteiger partial charge in [-0.2, -0.15) is 0 Å². The van der Waals surface area contributed by atoms with Gasteiger partial charge in [0.15, 0.2) is 0 Å². The van der Waals surface area contributed by atoms with E-state index in [1.165, 1.54) is 0 Å². The van der Waals surface area contributed by atoms with Gasteiger partial charge in [0.05, 0.1) is 12.1 Å². The molecule has 2 amide bonds. The second-order valence-corrected chi connectivity index (χ2v) is 7.62. The fourth-order valence-electron chi connectivity index (χ4n) is 3.56. The van der Waals surface area contributed by atoms with Crippen molar-refractivity contribution in [3.8, 4) is 0 Å². The molecule has 2 heterocycles. The van der Waals surface area contributed by atoms with Crippen molar-refractivity contribution in [1.82, 2.24) is 9.80 Å². The minimum atomic E-state index is -0.512. The van der Waals surface area contributed by atoms with Crippen LogP contribution in [-0.2, 0) is 16.1 Å². The fourth-order valence-corrected chi connectivity index (χ4v) is 3.56. The number of fused-ring (bicyclic) bond motifs is 1. The standard InChI is InChI=1S/C19H26N2O4/c1-19(2,3)25-18(23)21-12-10-15-16(21)9-11-20(15)17(22)24-13-14-7-5-4-6-8-14/h4-8,15-16H,9-13H2,1-3H3/t15-,16+/m1/s1. The van der Waals surface area contributed by atoms with Crippen molar-refractivity contribution >= 4 is 12.2 Å². The van der Waals surface area contributed by atoms with E-state index >= 15 is 0 Å². The Labute approximate surface area is 148 Å². The number of nitrogens with zero attached hydrogens (tertiary/aromatic N) is 2. The lowest BCUT2D eigenvalue weighted by Crippen LogP contribution is -2.43. The van der Waals surface area contributed by atoms with Crippen molar-refractivity contribution in [3.05, 3.63) is 35.9 Å². The Morgan fingerprint density at radius 2 is 1.56 bits per heavy atom. The highest BCUT2D eigenvalue weighted by atomic mass is 16.6. The third-order valence-electron chi connectivity index (χ3n) is 4.64. The van der Waals surface area contributed by atoms with Crippen LogP contribution < -0.4 is 0 Å². The first-order valence-electron chi connectivity index (χ1n) is 8.82. The van der Waals surface area contributed by atoms with Gasteiger partial charge in [0.1, 0.15) is 12.2 Å². The number of likely N-dealkylation sites (tertiary alicyclic amines) is 2. The lowest BCUT2D eigenvalue weighted by atomic mass is 10.1. The molecule has 0 spiro atoms. The molecule has 1 aromatic carbocycles. The van der Waals surface area contributed by atoms with E-state index in [1.807, 2.05) is 51.1 Å². The van der Waals surface area contributed by atoms with Crippen LogP contribution in [0.3, 0.4) is 0 Å². The van der Waals surface area contributed by atoms with Crippen LogP contribution in [0, 0.1) is 0 Å². The molecule has 0 bridgehead atoms. The molecule has 2 atom stereocenters. The van der Waals surface area contributed by atoms with Crippen LogP contribution in [0.25, 0.3) is 0 Å². The Hall–Kier alpha value is -2.24. The topological polar surface area (TPSA) is 59.1 Å². The SMILES string of the molecule is CC(C)(C)OC(=O)N1CC[C@@H]2[C@@H]1CCN2C(=O)OCc1ccccc1. The number of rotatable bonds is 2. The van der Waals surface area contributed by atoms with Gasteiger partial charge in [-0.15, -0.1) is 0 Å². The van der Waals surface area contributed by atoms with E-state index in [4.69, 9.17) is 9.47 Å². The average molecular weight is 346 g/mol. The summed E-state index contributed by atoms with van der Waals surface area (Å²) in [4.78, 5) is 28.3. The molecule has 3 rings (SSSR count). The maximum Gasteiger partial charge on any atom is 0.410 e. The molecule has 0 N–H and O–H groups in total. The molecule has 2 aliphatic heterocycles. The van der Waals surface area contributed by atoms with Gasteiger partial charge in [0, 0.05) is 13.1 Å². The Morgan fingerprint density at radius 3 is 2.12 bits per heavy atom. The monoisotopic (exact) mass is 346 g/mol. The van der Waals surface area contributed by atoms with Crippen molar-refractivity contribution in [1.29, 1.82) is 0 Å². The molecule has 136 valence electrons. The maximum absolute atomic E-state index is 12.4. The van der Waals surface area contributed by atoms with Gasteiger partial charge in [-0.25, -0.2) is 9.59 Å². The molecule has 0 unspecified atom stereocenters. The summed E-state index contributed by atoms with van der Waals surface area (Å²) >= 11 is 0. The van der Waals surface area contributed by atoms with Crippen LogP contribution in [-0.4, -0.2) is 52.8 Å². The first kappa shape index (κ1) is 17.6. The van der Waals surface area contributed by atoms with Crippen molar-refractivity contribution in [2.45, 2.75) is 57.9 Å². The number of carbonyl (C=O) groups is 2. The van der Waals surface area contributed by atoms with Gasteiger partial charge in [0.25, 0.3) is 0 Å². The van der Waals surface area contributed by atoms with E-state index < -0.39 is 5.60 Å². The molecular weight excluding hydrogens is 320 g/mol. The van der Waals surface area contributed by atoms with Gasteiger partial charge < -0.3 is 19.3 Å². The summed E-state index contributed by atoms with van der Waals surface area (Å²) in [6.07, 6.45) is 0.941. The van der Waals surface area contributed by atoms with Crippen molar-refractivity contribution in [3.63, 3.8) is 0 Å². The van der Waals surface area contributed by atoms with Crippen LogP contribution in [0.15, 0.2) is 30.3 Å². The Kier molecular flexibility index (Phi) is 4.88. The van der Waals surface area contributed by atoms with Crippen LogP contribution in [0.2, 0.25) is 0 Å². The molecule has 1 aromatic rings. The zero-order valence-corrected chi connectivity index (χ0v) is 15.1. The summed E-state index contributed by atoms with van der Waals surface area (Å²) in [7, 11) is 0. The highest BCUT2D eigenvalue weighted by Gasteiger charge is 2.47. The highest BCUT2D eigenvalue weighted by Crippen LogP contribution is 2.33. The Morgan fingerprint density at radius 1 is 1.00 bits per heavy atom. The molecule has 2 saturated heterocycles. The van der Waals surface area contributed by atoms with Crippen molar-refractivity contribution in [2.24, 2.45) is 0 Å². The quantitative estimate of drug-likeness (QED) is 0.823. The molecule has 6 heteroatoms. The van der Waals surface area contributed by atoms with E-state index in [1.54, 1.807) is 9.80 Å². The number of hydrogen-bond donors (Lipinski definition) is 0. The number of amides is 2. The largest absolute Gasteiger partial charge is 0.445 e. The molecule has 0 aromatic heterocycles. The number of ether oxygens (including phenoxy) is 2. The van der Waals surface area contributed by atoms with E-state index in [0.717, 1.165) is 18.4 Å². The van der Waals surface area contributed by atoms with Gasteiger partial charge in [-0.05, 0) is 39.2 Å². The van der Waals surface area contributed by atoms with Crippen molar-refractivity contribution in [2.75, 3.05) is 13.1 Å². The molecule has 0 radical (unpaired) electrons. The van der Waals surface area contributed by atoms with E-state index in [9.17, 15) is 9.59 Å². The summed E-state index contributed by atoms with van der Waals surface area (Å²) in [6.45, 7) is 7.08. The predicted octanol–water partition coefficient (Wildman–Crippen LogP) is 3.41. The first-order valence-corrected chi connectivity index (χ1v) is 8.82. The number of carbonyl (C=O) groups excluding carboxylic acids is 2. The summed E-state index contributed by atoms with van der Waals surface area (Å²) in [5.41, 5.74) is 0.454. The number of benzene rings is 1. The molecule has 0 aliphatic carbocycles. The zero-order chi connectivity index (χ0) is 18.0. The van der Waals surface area contributed by atoms with E-state index in [-0.39, 0.29) is 30.9 Å². The summed E-state index contributed by atoms with van der Waals surface area (Å²) < 4.78 is 10.9. The number of hydrogen-bond acceptors (Lipinski definition) is 4. The molecular formula is C19H26N2O4. The molecule has 2 fully saturated rings. The average Bonchev–Trinajstić information content (AvgIpc) is 3.13. The lowest BCUT2D eigenvalue weighted by Gasteiger charge is -2.28. The van der Waals surface area contributed by atoms with E-state index in [2.05, 4.69) is 0 Å². The van der Waals surface area contributed by atoms with Gasteiger partial charge >= 0.3 is 12.2 Å². The summed E-state index contributed by atoms with van der Waals surface area (Å²) in [6, 6.07) is 9.69. The third kappa shape index (κ3) is 4.06. The Balaban J connectivity index is 1.56. The molecule has 6 nitrogen and oxygen atoms in total. The normalized spacial score (nSPS) is 22.7. The maximum atomic E-state index is 12.4. The van der Waals surface area contributed by atoms with Crippen LogP contribution in [0.4, 0.5) is 9.59 Å². The van der Waals surface area contributed by atoms with Crippen molar-refractivity contribution < 1.29 is 19.1 Å². The molecule has 25 heavy (non-hydrogen) atoms. The summed E-state index contributed by atoms with van der Waals surface area (Å²) in [5, 5.41) is 0. The highest BCUT2D eigenvalue weighted by molar-refractivity contribution is 5.71. The molecule has 0 saturated carbocycles. The smallest absolute Gasteiger partial charge is 0.410 e. The third-order valence-corrected chi connectivity index (χ3v) is 4.64. The van der Waals surface area contributed by atoms with Gasteiger partial charge in [-0.1, -0.05) is 30.3 Å². The second kappa shape index (κ2) is 6.94. The fraction of sp³-hybridized carbons (Fsp3) is 0.579. The Bertz CT molecular complexity index is 626. The molecule has 2 aliphatic rings. The second-order valence-electron chi connectivity index (χ2n) is 7.62. The lowest BCUT2D eigenvalue weighted by molar-refractivity contribution is 0.0220. The van der Waals surface area contributed by atoms with E-state index in [0.29, 0.717) is 13.1 Å². The minimum absolute atomic E-state index is 0.0239. The van der Waals surface area contributed by atoms with Gasteiger partial charge in [-0.3, -0.25) is 0 Å². The zero-order valence-electron chi connectivity index (χ0n) is 15.1. The van der Waals surface area contributed by atoms with Crippen LogP contribution in [0.1, 0.15) is 39.2 Å². The van der Waals surface area contributed by atoms with Gasteiger partial charge in [0.2, 0.25) is 0 Å². The van der Waals surface area contributed by atoms with Crippen LogP contribution in [0.5, 0.6) is 0 Å². The first-order chi connectivity index (χ1) is 11.8. The van der Waals surface area contributed by atoms with Crippen LogP contribution >= 0.6 is 0 Å². The predicted molar refractivity (Wildman–Crippen MR) is 93.1 cm³/mol. The summed E-state index contributed by atoms with van der Waals surface area (Å²) in [5.74, 6) is 0.